The topological polar surface area (TPSA) is 66.7 Å². The Hall–Kier alpha value is -1.07. The highest BCUT2D eigenvalue weighted by Gasteiger charge is 2.29. The molecule has 0 aromatic heterocycles. The maximum absolute atomic E-state index is 11.4. The second-order valence-corrected chi connectivity index (χ2v) is 3.56. The lowest BCUT2D eigenvalue weighted by atomic mass is 10.1. The lowest BCUT2D eigenvalue weighted by Gasteiger charge is -2.28. The molecule has 0 unspecified atom stereocenters. The van der Waals surface area contributed by atoms with Crippen molar-refractivity contribution in [3.8, 4) is 0 Å². The van der Waals surface area contributed by atoms with Crippen LogP contribution in [0.3, 0.4) is 0 Å². The number of nitrogens with zero attached hydrogens (tertiary/aromatic N) is 2. The molecular weight excluding hydrogens is 182 g/mol. The maximum atomic E-state index is 11.4. The first kappa shape index (κ1) is 9.48. The number of aliphatic hydroxyl groups is 1. The molecule has 14 heavy (non-hydrogen) atoms. The standard InChI is InChI=1S/C9H14N3O2/c13-6-7-5-12(9(14)11-7)8-1-3-10-4-2-8/h5,8,10,13H,1-4,6H2. The van der Waals surface area contributed by atoms with E-state index in [-0.39, 0.29) is 18.7 Å². The number of amides is 2. The van der Waals surface area contributed by atoms with Gasteiger partial charge in [0.05, 0.1) is 12.3 Å². The first-order valence-corrected chi connectivity index (χ1v) is 4.87. The van der Waals surface area contributed by atoms with Gasteiger partial charge in [-0.25, -0.2) is 4.79 Å². The van der Waals surface area contributed by atoms with E-state index in [9.17, 15) is 4.79 Å². The second kappa shape index (κ2) is 3.98. The van der Waals surface area contributed by atoms with Gasteiger partial charge in [-0.1, -0.05) is 0 Å². The van der Waals surface area contributed by atoms with E-state index in [1.807, 2.05) is 0 Å². The van der Waals surface area contributed by atoms with Crippen molar-refractivity contribution in [2.24, 2.45) is 0 Å². The van der Waals surface area contributed by atoms with E-state index in [0.717, 1.165) is 25.9 Å². The minimum Gasteiger partial charge on any atom is -0.390 e. The summed E-state index contributed by atoms with van der Waals surface area (Å²) in [5.41, 5.74) is 0.466. The number of hydrogen-bond donors (Lipinski definition) is 2. The summed E-state index contributed by atoms with van der Waals surface area (Å²) in [6, 6.07) is 0.0116. The number of hydrogen-bond acceptors (Lipinski definition) is 3. The molecule has 0 spiro atoms. The minimum atomic E-state index is -0.235. The molecule has 2 aliphatic heterocycles. The first-order chi connectivity index (χ1) is 6.81. The van der Waals surface area contributed by atoms with Gasteiger partial charge < -0.3 is 10.4 Å². The number of aliphatic hydroxyl groups excluding tert-OH is 1. The predicted octanol–water partition coefficient (Wildman–Crippen LogP) is -0.388. The molecule has 2 amide bonds. The monoisotopic (exact) mass is 196 g/mol. The van der Waals surface area contributed by atoms with Crippen LogP contribution in [0.5, 0.6) is 0 Å². The molecule has 2 aliphatic rings. The Morgan fingerprint density at radius 2 is 2.29 bits per heavy atom. The average Bonchev–Trinajstić information content (AvgIpc) is 2.61. The quantitative estimate of drug-likeness (QED) is 0.632. The highest BCUT2D eigenvalue weighted by Crippen LogP contribution is 2.18. The number of nitrogens with one attached hydrogen (secondary N) is 1. The van der Waals surface area contributed by atoms with Crippen LogP contribution < -0.4 is 10.6 Å². The largest absolute Gasteiger partial charge is 0.390 e. The van der Waals surface area contributed by atoms with E-state index in [0.29, 0.717) is 5.70 Å². The zero-order valence-electron chi connectivity index (χ0n) is 7.94. The van der Waals surface area contributed by atoms with Gasteiger partial charge in [0, 0.05) is 12.2 Å². The smallest absolute Gasteiger partial charge is 0.348 e. The molecule has 1 radical (unpaired) electrons. The Labute approximate surface area is 82.8 Å². The fourth-order valence-corrected chi connectivity index (χ4v) is 1.85. The molecule has 0 saturated carbocycles. The molecule has 0 aromatic rings. The Morgan fingerprint density at radius 3 is 2.86 bits per heavy atom. The van der Waals surface area contributed by atoms with Gasteiger partial charge in [0.25, 0.3) is 0 Å². The van der Waals surface area contributed by atoms with Gasteiger partial charge in [-0.05, 0) is 25.9 Å². The molecular formula is C9H14N3O2. The van der Waals surface area contributed by atoms with Crippen molar-refractivity contribution in [3.05, 3.63) is 11.9 Å². The van der Waals surface area contributed by atoms with Crippen LogP contribution in [0, 0.1) is 0 Å². The molecule has 0 bridgehead atoms. The number of urea groups is 1. The summed E-state index contributed by atoms with van der Waals surface area (Å²) in [4.78, 5) is 13.1. The summed E-state index contributed by atoms with van der Waals surface area (Å²) in [5, 5.41) is 15.8. The Bertz CT molecular complexity index is 259. The third-order valence-electron chi connectivity index (χ3n) is 2.61. The van der Waals surface area contributed by atoms with Crippen molar-refractivity contribution >= 4 is 6.03 Å². The van der Waals surface area contributed by atoms with Gasteiger partial charge >= 0.3 is 6.03 Å². The van der Waals surface area contributed by atoms with Crippen LogP contribution in [-0.2, 0) is 0 Å². The lowest BCUT2D eigenvalue weighted by Crippen LogP contribution is -2.42. The summed E-state index contributed by atoms with van der Waals surface area (Å²) in [5.74, 6) is 0. The molecule has 2 heterocycles. The third kappa shape index (κ3) is 1.73. The first-order valence-electron chi connectivity index (χ1n) is 4.87. The SMILES string of the molecule is O=C1[N]C(CO)=CN1C1CCNCC1. The minimum absolute atomic E-state index is 0.160. The summed E-state index contributed by atoms with van der Waals surface area (Å²) in [6.45, 7) is 1.72. The van der Waals surface area contributed by atoms with Crippen molar-refractivity contribution in [3.63, 3.8) is 0 Å². The summed E-state index contributed by atoms with van der Waals surface area (Å²) < 4.78 is 0. The highest BCUT2D eigenvalue weighted by atomic mass is 16.3. The molecule has 0 aliphatic carbocycles. The van der Waals surface area contributed by atoms with Crippen LogP contribution >= 0.6 is 0 Å². The van der Waals surface area contributed by atoms with Crippen molar-refractivity contribution in [1.29, 1.82) is 0 Å². The van der Waals surface area contributed by atoms with Gasteiger partial charge in [0.15, 0.2) is 0 Å². The summed E-state index contributed by atoms with van der Waals surface area (Å²) in [6.07, 6.45) is 3.57. The van der Waals surface area contributed by atoms with Crippen LogP contribution in [0.2, 0.25) is 0 Å². The second-order valence-electron chi connectivity index (χ2n) is 3.56. The molecule has 5 nitrogen and oxygen atoms in total. The van der Waals surface area contributed by atoms with Crippen LogP contribution in [0.25, 0.3) is 0 Å². The molecule has 77 valence electrons. The molecule has 2 N–H and O–H groups in total. The Morgan fingerprint density at radius 1 is 1.57 bits per heavy atom. The Kier molecular flexibility index (Phi) is 2.69. The zero-order valence-corrected chi connectivity index (χ0v) is 7.94. The molecule has 1 fully saturated rings. The van der Waals surface area contributed by atoms with E-state index in [4.69, 9.17) is 5.11 Å². The molecule has 5 heteroatoms. The van der Waals surface area contributed by atoms with Crippen LogP contribution in [-0.4, -0.2) is 41.8 Å². The summed E-state index contributed by atoms with van der Waals surface area (Å²) in [7, 11) is 0. The fourth-order valence-electron chi connectivity index (χ4n) is 1.85. The Balaban J connectivity index is 2.02. The molecule has 2 rings (SSSR count). The lowest BCUT2D eigenvalue weighted by molar-refractivity contribution is 0.197. The van der Waals surface area contributed by atoms with Crippen LogP contribution in [0.4, 0.5) is 4.79 Å². The molecule has 0 atom stereocenters. The highest BCUT2D eigenvalue weighted by molar-refractivity contribution is 5.80. The molecule has 0 aromatic carbocycles. The number of carbonyl (C=O) groups excluding carboxylic acids is 1. The van der Waals surface area contributed by atoms with Crippen molar-refractivity contribution < 1.29 is 9.90 Å². The zero-order chi connectivity index (χ0) is 9.97. The number of rotatable bonds is 2. The molecule has 1 saturated heterocycles. The number of carbonyl (C=O) groups is 1. The summed E-state index contributed by atoms with van der Waals surface area (Å²) >= 11 is 0. The van der Waals surface area contributed by atoms with Crippen LogP contribution in [0.1, 0.15) is 12.8 Å². The van der Waals surface area contributed by atoms with E-state index < -0.39 is 0 Å². The van der Waals surface area contributed by atoms with E-state index in [1.54, 1.807) is 11.1 Å². The van der Waals surface area contributed by atoms with Gasteiger partial charge in [-0.15, -0.1) is 0 Å². The normalized spacial score (nSPS) is 23.6. The van der Waals surface area contributed by atoms with Crippen molar-refractivity contribution in [1.82, 2.24) is 15.5 Å². The van der Waals surface area contributed by atoms with Crippen molar-refractivity contribution in [2.75, 3.05) is 19.7 Å². The van der Waals surface area contributed by atoms with Gasteiger partial charge in [0.2, 0.25) is 0 Å². The van der Waals surface area contributed by atoms with Gasteiger partial charge in [-0.2, -0.15) is 5.32 Å². The van der Waals surface area contributed by atoms with E-state index >= 15 is 0 Å². The van der Waals surface area contributed by atoms with Crippen molar-refractivity contribution in [2.45, 2.75) is 18.9 Å². The van der Waals surface area contributed by atoms with Crippen LogP contribution in [0.15, 0.2) is 11.9 Å². The number of piperidine rings is 1. The van der Waals surface area contributed by atoms with E-state index in [2.05, 4.69) is 10.6 Å². The third-order valence-corrected chi connectivity index (χ3v) is 2.61. The van der Waals surface area contributed by atoms with Gasteiger partial charge in [0.1, 0.15) is 0 Å². The average molecular weight is 196 g/mol. The fraction of sp³-hybridized carbons (Fsp3) is 0.667. The van der Waals surface area contributed by atoms with E-state index in [1.165, 1.54) is 0 Å². The maximum Gasteiger partial charge on any atom is 0.348 e. The predicted molar refractivity (Wildman–Crippen MR) is 50.4 cm³/mol. The van der Waals surface area contributed by atoms with Gasteiger partial charge in [-0.3, -0.25) is 4.90 Å².